The molecule has 0 aliphatic carbocycles. The molecule has 0 fully saturated rings. The molecule has 0 aliphatic heterocycles. The maximum absolute atomic E-state index is 13.6. The molecule has 19 nitrogen and oxygen atoms in total. The maximum atomic E-state index is 13.6. The van der Waals surface area contributed by atoms with Crippen molar-refractivity contribution in [2.75, 3.05) is 19.6 Å². The number of nitrogens with one attached hydrogen (secondary N) is 6. The van der Waals surface area contributed by atoms with Crippen molar-refractivity contribution in [3.63, 3.8) is 0 Å². The van der Waals surface area contributed by atoms with Gasteiger partial charge in [-0.3, -0.25) is 38.6 Å². The third-order valence-electron chi connectivity index (χ3n) is 8.58. The van der Waals surface area contributed by atoms with Crippen LogP contribution in [0.5, 0.6) is 0 Å². The van der Waals surface area contributed by atoms with Crippen LogP contribution in [0.25, 0.3) is 0 Å². The van der Waals surface area contributed by atoms with E-state index >= 15 is 0 Å². The lowest BCUT2D eigenvalue weighted by Gasteiger charge is -2.27. The standard InChI is InChI=1S/C36H63N11O8/c1-7-22(6)29(47-33(52)26(18-21(4)5)46-34(53)27-13-10-16-55-27)35(54)42-19-28(48)43-24(12-9-15-41-36(39)40)31(50)45-25(17-20(2)3)32(51)44-23(30(38)49)11-8-14-37/h10,13,16,20-26,29H,7-9,11-12,14-15,17-19,37H2,1-6H3,(H2,38,49)(H,42,54)(H,43,48)(H,44,51)(H,45,50)(H,46,53)(H,47,52)(H4,39,40,41)/t22-,23+,24+,25-,26-,29-/m0/s1. The lowest BCUT2D eigenvalue weighted by Crippen LogP contribution is -2.58. The average molecular weight is 778 g/mol. The van der Waals surface area contributed by atoms with Crippen molar-refractivity contribution in [2.45, 2.75) is 117 Å². The fourth-order valence-electron chi connectivity index (χ4n) is 5.45. The van der Waals surface area contributed by atoms with Crippen LogP contribution in [-0.4, -0.2) is 97.2 Å². The Morgan fingerprint density at radius 3 is 1.82 bits per heavy atom. The first-order valence-electron chi connectivity index (χ1n) is 18.8. The molecule has 0 unspecified atom stereocenters. The smallest absolute Gasteiger partial charge is 0.287 e. The summed E-state index contributed by atoms with van der Waals surface area (Å²) in [5, 5.41) is 15.8. The Hall–Kier alpha value is -5.20. The van der Waals surface area contributed by atoms with Gasteiger partial charge in [0.05, 0.1) is 12.8 Å². The van der Waals surface area contributed by atoms with Crippen LogP contribution in [0, 0.1) is 17.8 Å². The van der Waals surface area contributed by atoms with Crippen LogP contribution in [0.3, 0.4) is 0 Å². The minimum atomic E-state index is -1.18. The van der Waals surface area contributed by atoms with Crippen LogP contribution in [0.15, 0.2) is 27.8 Å². The van der Waals surface area contributed by atoms with Gasteiger partial charge < -0.3 is 59.3 Å². The van der Waals surface area contributed by atoms with Crippen molar-refractivity contribution < 1.29 is 38.0 Å². The molecule has 1 aromatic rings. The van der Waals surface area contributed by atoms with E-state index in [1.807, 2.05) is 34.6 Å². The van der Waals surface area contributed by atoms with E-state index in [-0.39, 0.29) is 74.7 Å². The number of hydrogen-bond acceptors (Lipinski definition) is 10. The summed E-state index contributed by atoms with van der Waals surface area (Å²) in [4.78, 5) is 95.6. The van der Waals surface area contributed by atoms with E-state index in [0.717, 1.165) is 0 Å². The van der Waals surface area contributed by atoms with Crippen LogP contribution in [-0.2, 0) is 28.8 Å². The van der Waals surface area contributed by atoms with Crippen LogP contribution in [0.2, 0.25) is 0 Å². The van der Waals surface area contributed by atoms with Crippen molar-refractivity contribution >= 4 is 47.3 Å². The minimum Gasteiger partial charge on any atom is -0.459 e. The number of hydrogen-bond donors (Lipinski definition) is 10. The first-order valence-corrected chi connectivity index (χ1v) is 18.8. The highest BCUT2D eigenvalue weighted by atomic mass is 16.3. The topological polar surface area (TPSA) is 321 Å². The number of furan rings is 1. The summed E-state index contributed by atoms with van der Waals surface area (Å²) in [5.41, 5.74) is 21.9. The minimum absolute atomic E-state index is 0.0141. The number of carbonyl (C=O) groups is 7. The van der Waals surface area contributed by atoms with Gasteiger partial charge >= 0.3 is 0 Å². The fraction of sp³-hybridized carbons (Fsp3) is 0.667. The van der Waals surface area contributed by atoms with Gasteiger partial charge in [0.15, 0.2) is 11.7 Å². The Morgan fingerprint density at radius 2 is 1.29 bits per heavy atom. The molecule has 1 rings (SSSR count). The Morgan fingerprint density at radius 1 is 0.727 bits per heavy atom. The number of rotatable bonds is 26. The Kier molecular flexibility index (Phi) is 21.7. The van der Waals surface area contributed by atoms with Gasteiger partial charge in [-0.25, -0.2) is 0 Å². The van der Waals surface area contributed by atoms with Crippen LogP contribution in [0.1, 0.15) is 97.0 Å². The van der Waals surface area contributed by atoms with Gasteiger partial charge in [0.25, 0.3) is 5.91 Å². The first kappa shape index (κ1) is 47.8. The second-order valence-electron chi connectivity index (χ2n) is 14.4. The summed E-state index contributed by atoms with van der Waals surface area (Å²) in [7, 11) is 0. The van der Waals surface area contributed by atoms with Crippen molar-refractivity contribution in [1.29, 1.82) is 0 Å². The molecule has 55 heavy (non-hydrogen) atoms. The number of aliphatic imine (C=N–C) groups is 1. The van der Waals surface area contributed by atoms with E-state index in [1.165, 1.54) is 12.3 Å². The Bertz CT molecular complexity index is 1430. The zero-order chi connectivity index (χ0) is 41.7. The SMILES string of the molecule is CC[C@H](C)[C@H](NC(=O)[C@H](CC(C)C)NC(=O)c1ccco1)C(=O)NCC(=O)N[C@H](CCCN=C(N)N)C(=O)N[C@@H](CC(C)C)C(=O)N[C@H](CCCN)C(N)=O. The summed E-state index contributed by atoms with van der Waals surface area (Å²) < 4.78 is 5.14. The maximum Gasteiger partial charge on any atom is 0.287 e. The van der Waals surface area contributed by atoms with Gasteiger partial charge in [-0.05, 0) is 75.0 Å². The van der Waals surface area contributed by atoms with E-state index in [9.17, 15) is 33.6 Å². The van der Waals surface area contributed by atoms with E-state index in [0.29, 0.717) is 12.8 Å². The first-order chi connectivity index (χ1) is 25.9. The molecule has 0 aromatic carbocycles. The number of amides is 7. The van der Waals surface area contributed by atoms with Gasteiger partial charge in [-0.15, -0.1) is 0 Å². The van der Waals surface area contributed by atoms with Gasteiger partial charge in [-0.2, -0.15) is 0 Å². The van der Waals surface area contributed by atoms with E-state index < -0.39 is 78.1 Å². The zero-order valence-corrected chi connectivity index (χ0v) is 32.9. The molecule has 1 heterocycles. The summed E-state index contributed by atoms with van der Waals surface area (Å²) in [6.07, 6.45) is 3.30. The predicted octanol–water partition coefficient (Wildman–Crippen LogP) is -1.15. The second-order valence-corrected chi connectivity index (χ2v) is 14.4. The van der Waals surface area contributed by atoms with E-state index in [2.05, 4.69) is 36.9 Å². The molecular formula is C36H63N11O8. The molecule has 0 aliphatic rings. The number of carbonyl (C=O) groups excluding carboxylic acids is 7. The quantitative estimate of drug-likeness (QED) is 0.0304. The van der Waals surface area contributed by atoms with Crippen molar-refractivity contribution in [3.05, 3.63) is 24.2 Å². The third kappa shape index (κ3) is 18.6. The molecule has 0 radical (unpaired) electrons. The largest absolute Gasteiger partial charge is 0.459 e. The second kappa shape index (κ2) is 25.0. The lowest BCUT2D eigenvalue weighted by atomic mass is 9.96. The molecule has 14 N–H and O–H groups in total. The molecule has 0 spiro atoms. The van der Waals surface area contributed by atoms with Gasteiger partial charge in [0.1, 0.15) is 30.2 Å². The number of guanidine groups is 1. The molecule has 310 valence electrons. The monoisotopic (exact) mass is 777 g/mol. The Balaban J connectivity index is 3.12. The van der Waals surface area contributed by atoms with Crippen molar-refractivity contribution in [1.82, 2.24) is 31.9 Å². The highest BCUT2D eigenvalue weighted by Crippen LogP contribution is 2.12. The Labute approximate surface area is 323 Å². The third-order valence-corrected chi connectivity index (χ3v) is 8.58. The summed E-state index contributed by atoms with van der Waals surface area (Å²) in [5.74, 6) is -5.15. The zero-order valence-electron chi connectivity index (χ0n) is 32.9. The van der Waals surface area contributed by atoms with Crippen LogP contribution in [0.4, 0.5) is 0 Å². The molecule has 0 saturated carbocycles. The van der Waals surface area contributed by atoms with Crippen LogP contribution >= 0.6 is 0 Å². The number of nitrogens with zero attached hydrogens (tertiary/aromatic N) is 1. The molecule has 7 amide bonds. The lowest BCUT2D eigenvalue weighted by molar-refractivity contribution is -0.134. The molecule has 19 heteroatoms. The number of nitrogens with two attached hydrogens (primary N) is 4. The van der Waals surface area contributed by atoms with E-state index in [1.54, 1.807) is 13.0 Å². The van der Waals surface area contributed by atoms with Gasteiger partial charge in [0, 0.05) is 6.54 Å². The van der Waals surface area contributed by atoms with Crippen molar-refractivity contribution in [3.8, 4) is 0 Å². The summed E-state index contributed by atoms with van der Waals surface area (Å²) in [6.45, 7) is 10.9. The molecule has 1 aromatic heterocycles. The summed E-state index contributed by atoms with van der Waals surface area (Å²) >= 11 is 0. The van der Waals surface area contributed by atoms with Crippen LogP contribution < -0.4 is 54.8 Å². The van der Waals surface area contributed by atoms with Gasteiger partial charge in [0.2, 0.25) is 35.4 Å². The fourth-order valence-corrected chi connectivity index (χ4v) is 5.45. The molecule has 0 saturated heterocycles. The average Bonchev–Trinajstić information content (AvgIpc) is 3.66. The predicted molar refractivity (Wildman–Crippen MR) is 206 cm³/mol. The highest BCUT2D eigenvalue weighted by molar-refractivity contribution is 5.98. The highest BCUT2D eigenvalue weighted by Gasteiger charge is 2.32. The summed E-state index contributed by atoms with van der Waals surface area (Å²) in [6, 6.07) is -2.28. The molecule has 0 bridgehead atoms. The molecule has 6 atom stereocenters. The van der Waals surface area contributed by atoms with Crippen molar-refractivity contribution in [2.24, 2.45) is 45.7 Å². The van der Waals surface area contributed by atoms with Gasteiger partial charge in [-0.1, -0.05) is 48.0 Å². The normalized spacial score (nSPS) is 14.3. The number of primary amides is 1. The molecular weight excluding hydrogens is 714 g/mol. The van der Waals surface area contributed by atoms with E-state index in [4.69, 9.17) is 27.4 Å².